The summed E-state index contributed by atoms with van der Waals surface area (Å²) in [6.45, 7) is 2.34. The summed E-state index contributed by atoms with van der Waals surface area (Å²) in [4.78, 5) is 21.0. The number of hydrogen-bond donors (Lipinski definition) is 2. The fraction of sp³-hybridized carbons (Fsp3) is 0.375. The van der Waals surface area contributed by atoms with Crippen LogP contribution in [0.25, 0.3) is 0 Å². The zero-order chi connectivity index (χ0) is 15.9. The molecule has 0 aliphatic heterocycles. The Kier molecular flexibility index (Phi) is 5.66. The molecule has 0 fully saturated rings. The Labute approximate surface area is 128 Å². The molecule has 5 nitrogen and oxygen atoms in total. The van der Waals surface area contributed by atoms with Gasteiger partial charge in [0.25, 0.3) is 0 Å². The van der Waals surface area contributed by atoms with Gasteiger partial charge in [0.15, 0.2) is 0 Å². The average Bonchev–Trinajstić information content (AvgIpc) is 2.91. The third-order valence-corrected chi connectivity index (χ3v) is 3.56. The van der Waals surface area contributed by atoms with Crippen molar-refractivity contribution in [2.24, 2.45) is 0 Å². The van der Waals surface area contributed by atoms with Crippen LogP contribution in [-0.2, 0) is 17.8 Å². The van der Waals surface area contributed by atoms with Crippen LogP contribution in [0.2, 0.25) is 0 Å². The number of amides is 1. The number of halogens is 1. The predicted octanol–water partition coefficient (Wildman–Crippen LogP) is 1.81. The molecule has 0 aliphatic rings. The monoisotopic (exact) mass is 305 g/mol. The smallest absolute Gasteiger partial charge is 0.223 e. The van der Waals surface area contributed by atoms with Crippen LogP contribution in [0.4, 0.5) is 4.39 Å². The topological polar surface area (TPSA) is 69.2 Å². The molecule has 0 aliphatic carbocycles. The molecule has 1 aromatic heterocycles. The molecule has 6 heteroatoms. The van der Waals surface area contributed by atoms with Gasteiger partial charge in [-0.25, -0.2) is 9.37 Å². The SMILES string of the molecule is Cc1[nH]cnc1CN(CCO)C(=O)CCc1ccccc1F. The van der Waals surface area contributed by atoms with Crippen molar-refractivity contribution in [3.63, 3.8) is 0 Å². The highest BCUT2D eigenvalue weighted by molar-refractivity contribution is 5.76. The summed E-state index contributed by atoms with van der Waals surface area (Å²) in [7, 11) is 0. The molecule has 2 rings (SSSR count). The van der Waals surface area contributed by atoms with E-state index in [4.69, 9.17) is 5.11 Å². The molecule has 1 aromatic carbocycles. The second-order valence-corrected chi connectivity index (χ2v) is 5.10. The van der Waals surface area contributed by atoms with Crippen molar-refractivity contribution >= 4 is 5.91 Å². The molecule has 0 unspecified atom stereocenters. The van der Waals surface area contributed by atoms with Crippen molar-refractivity contribution in [3.8, 4) is 0 Å². The van der Waals surface area contributed by atoms with Gasteiger partial charge in [-0.05, 0) is 25.0 Å². The minimum atomic E-state index is -0.299. The largest absolute Gasteiger partial charge is 0.395 e. The second-order valence-electron chi connectivity index (χ2n) is 5.10. The first-order valence-corrected chi connectivity index (χ1v) is 7.22. The van der Waals surface area contributed by atoms with Crippen LogP contribution in [0, 0.1) is 12.7 Å². The maximum absolute atomic E-state index is 13.6. The summed E-state index contributed by atoms with van der Waals surface area (Å²) in [6, 6.07) is 6.44. The number of imidazole rings is 1. The minimum absolute atomic E-state index is 0.116. The first-order chi connectivity index (χ1) is 10.6. The van der Waals surface area contributed by atoms with Crippen molar-refractivity contribution in [3.05, 3.63) is 53.4 Å². The van der Waals surface area contributed by atoms with E-state index in [2.05, 4.69) is 9.97 Å². The van der Waals surface area contributed by atoms with Crippen molar-refractivity contribution in [2.45, 2.75) is 26.3 Å². The molecule has 0 saturated carbocycles. The third-order valence-electron chi connectivity index (χ3n) is 3.56. The molecule has 1 heterocycles. The molecule has 0 radical (unpaired) electrons. The molecule has 0 atom stereocenters. The Balaban J connectivity index is 1.97. The number of aromatic amines is 1. The Morgan fingerprint density at radius 3 is 2.82 bits per heavy atom. The van der Waals surface area contributed by atoms with Crippen LogP contribution in [0.15, 0.2) is 30.6 Å². The zero-order valence-corrected chi connectivity index (χ0v) is 12.6. The molecule has 2 N–H and O–H groups in total. The van der Waals surface area contributed by atoms with Gasteiger partial charge in [0.05, 0.1) is 25.2 Å². The van der Waals surface area contributed by atoms with Gasteiger partial charge in [-0.1, -0.05) is 18.2 Å². The molecule has 118 valence electrons. The molecule has 0 saturated heterocycles. The van der Waals surface area contributed by atoms with E-state index in [9.17, 15) is 9.18 Å². The van der Waals surface area contributed by atoms with Crippen LogP contribution in [0.3, 0.4) is 0 Å². The van der Waals surface area contributed by atoms with Crippen LogP contribution < -0.4 is 0 Å². The number of rotatable bonds is 7. The summed E-state index contributed by atoms with van der Waals surface area (Å²) in [6.07, 6.45) is 2.11. The number of aromatic nitrogens is 2. The van der Waals surface area contributed by atoms with E-state index >= 15 is 0 Å². The Hall–Kier alpha value is -2.21. The van der Waals surface area contributed by atoms with E-state index in [1.165, 1.54) is 6.07 Å². The van der Waals surface area contributed by atoms with Gasteiger partial charge < -0.3 is 15.0 Å². The average molecular weight is 305 g/mol. The van der Waals surface area contributed by atoms with E-state index in [0.29, 0.717) is 18.5 Å². The molecular formula is C16H20FN3O2. The van der Waals surface area contributed by atoms with Crippen molar-refractivity contribution in [1.29, 1.82) is 0 Å². The summed E-state index contributed by atoms with van der Waals surface area (Å²) in [5, 5.41) is 9.13. The number of carbonyl (C=O) groups is 1. The summed E-state index contributed by atoms with van der Waals surface area (Å²) >= 11 is 0. The van der Waals surface area contributed by atoms with E-state index in [1.54, 1.807) is 29.4 Å². The number of aliphatic hydroxyl groups is 1. The third kappa shape index (κ3) is 4.14. The number of nitrogens with zero attached hydrogens (tertiary/aromatic N) is 2. The summed E-state index contributed by atoms with van der Waals surface area (Å²) < 4.78 is 13.6. The lowest BCUT2D eigenvalue weighted by atomic mass is 10.1. The Bertz CT molecular complexity index is 627. The number of H-pyrrole nitrogens is 1. The summed E-state index contributed by atoms with van der Waals surface area (Å²) in [5.41, 5.74) is 2.19. The minimum Gasteiger partial charge on any atom is -0.395 e. The number of aliphatic hydroxyl groups excluding tert-OH is 1. The van der Waals surface area contributed by atoms with Gasteiger partial charge in [-0.2, -0.15) is 0 Å². The van der Waals surface area contributed by atoms with E-state index < -0.39 is 0 Å². The van der Waals surface area contributed by atoms with Crippen LogP contribution in [0.1, 0.15) is 23.4 Å². The Morgan fingerprint density at radius 1 is 1.41 bits per heavy atom. The number of nitrogens with one attached hydrogen (secondary N) is 1. The lowest BCUT2D eigenvalue weighted by Crippen LogP contribution is -2.33. The van der Waals surface area contributed by atoms with Gasteiger partial charge in [-0.3, -0.25) is 4.79 Å². The highest BCUT2D eigenvalue weighted by Gasteiger charge is 2.16. The highest BCUT2D eigenvalue weighted by Crippen LogP contribution is 2.12. The van der Waals surface area contributed by atoms with Crippen LogP contribution in [-0.4, -0.2) is 39.0 Å². The molecular weight excluding hydrogens is 285 g/mol. The predicted molar refractivity (Wildman–Crippen MR) is 80.5 cm³/mol. The Morgan fingerprint density at radius 2 is 2.18 bits per heavy atom. The van der Waals surface area contributed by atoms with Gasteiger partial charge in [0.1, 0.15) is 5.82 Å². The van der Waals surface area contributed by atoms with Gasteiger partial charge in [-0.15, -0.1) is 0 Å². The van der Waals surface area contributed by atoms with Crippen LogP contribution >= 0.6 is 0 Å². The zero-order valence-electron chi connectivity index (χ0n) is 12.6. The molecule has 22 heavy (non-hydrogen) atoms. The standard InChI is InChI=1S/C16H20FN3O2/c1-12-15(19-11-18-12)10-20(8-9-21)16(22)7-6-13-4-2-3-5-14(13)17/h2-5,11,21H,6-10H2,1H3,(H,18,19). The lowest BCUT2D eigenvalue weighted by Gasteiger charge is -2.21. The quantitative estimate of drug-likeness (QED) is 0.819. The highest BCUT2D eigenvalue weighted by atomic mass is 19.1. The van der Waals surface area contributed by atoms with Crippen molar-refractivity contribution < 1.29 is 14.3 Å². The van der Waals surface area contributed by atoms with Gasteiger partial charge >= 0.3 is 0 Å². The normalized spacial score (nSPS) is 10.7. The maximum atomic E-state index is 13.6. The lowest BCUT2D eigenvalue weighted by molar-refractivity contribution is -0.132. The fourth-order valence-electron chi connectivity index (χ4n) is 2.24. The van der Waals surface area contributed by atoms with Gasteiger partial charge in [0, 0.05) is 18.7 Å². The molecule has 1 amide bonds. The van der Waals surface area contributed by atoms with Crippen LogP contribution in [0.5, 0.6) is 0 Å². The molecule has 0 bridgehead atoms. The number of benzene rings is 1. The first kappa shape index (κ1) is 16.2. The number of aryl methyl sites for hydroxylation is 2. The van der Waals surface area contributed by atoms with E-state index in [1.807, 2.05) is 6.92 Å². The number of hydrogen-bond acceptors (Lipinski definition) is 3. The summed E-state index contributed by atoms with van der Waals surface area (Å²) in [5.74, 6) is -0.424. The first-order valence-electron chi connectivity index (χ1n) is 7.22. The number of carbonyl (C=O) groups excluding carboxylic acids is 1. The van der Waals surface area contributed by atoms with Crippen molar-refractivity contribution in [1.82, 2.24) is 14.9 Å². The maximum Gasteiger partial charge on any atom is 0.223 e. The van der Waals surface area contributed by atoms with E-state index in [0.717, 1.165) is 11.4 Å². The molecule has 2 aromatic rings. The second kappa shape index (κ2) is 7.70. The van der Waals surface area contributed by atoms with Crippen molar-refractivity contribution in [2.75, 3.05) is 13.2 Å². The fourth-order valence-corrected chi connectivity index (χ4v) is 2.24. The van der Waals surface area contributed by atoms with Gasteiger partial charge in [0.2, 0.25) is 5.91 Å². The molecule has 0 spiro atoms. The van der Waals surface area contributed by atoms with E-state index in [-0.39, 0.29) is 31.3 Å².